The summed E-state index contributed by atoms with van der Waals surface area (Å²) in [6, 6.07) is -0.586. The maximum absolute atomic E-state index is 12.5. The molecule has 0 saturated carbocycles. The number of aliphatic hydroxyl groups excluding tert-OH is 2. The Morgan fingerprint density at radius 3 is 1.16 bits per heavy atom. The van der Waals surface area contributed by atoms with Gasteiger partial charge in [-0.2, -0.15) is 0 Å². The first-order chi connectivity index (χ1) is 33.0. The Bertz CT molecular complexity index is 1040. The summed E-state index contributed by atoms with van der Waals surface area (Å²) in [5, 5.41) is 23.3. The summed E-state index contributed by atoms with van der Waals surface area (Å²) in [6.07, 6.45) is 69.1. The average molecular weight is 945 g/mol. The van der Waals surface area contributed by atoms with E-state index in [9.17, 15) is 19.8 Å². The highest BCUT2D eigenvalue weighted by Gasteiger charge is 2.20. The normalized spacial score (nSPS) is 12.7. The predicted octanol–water partition coefficient (Wildman–Crippen LogP) is 18.6. The molecule has 0 aliphatic carbocycles. The van der Waals surface area contributed by atoms with Crippen LogP contribution in [0.25, 0.3) is 0 Å². The van der Waals surface area contributed by atoms with Crippen molar-refractivity contribution in [2.75, 3.05) is 13.2 Å². The molecular weight excluding hydrogens is 827 g/mol. The van der Waals surface area contributed by atoms with E-state index in [0.717, 1.165) is 51.4 Å². The first kappa shape index (κ1) is 65.3. The minimum absolute atomic E-state index is 0.0155. The molecule has 0 fully saturated rings. The second-order valence-electron chi connectivity index (χ2n) is 20.7. The summed E-state index contributed by atoms with van der Waals surface area (Å²) in [7, 11) is 0. The van der Waals surface area contributed by atoms with E-state index in [0.29, 0.717) is 32.3 Å². The van der Waals surface area contributed by atoms with Crippen LogP contribution < -0.4 is 5.32 Å². The van der Waals surface area contributed by atoms with Gasteiger partial charge in [0.15, 0.2) is 0 Å². The van der Waals surface area contributed by atoms with Crippen LogP contribution in [0.3, 0.4) is 0 Å². The van der Waals surface area contributed by atoms with Crippen LogP contribution in [0.5, 0.6) is 0 Å². The molecular formula is C61H117NO5. The van der Waals surface area contributed by atoms with Crippen LogP contribution in [0.2, 0.25) is 0 Å². The zero-order valence-corrected chi connectivity index (χ0v) is 45.1. The minimum Gasteiger partial charge on any atom is -0.466 e. The van der Waals surface area contributed by atoms with Gasteiger partial charge in [-0.25, -0.2) is 0 Å². The van der Waals surface area contributed by atoms with Crippen molar-refractivity contribution in [3.63, 3.8) is 0 Å². The summed E-state index contributed by atoms with van der Waals surface area (Å²) in [5.74, 6) is -0.127. The van der Waals surface area contributed by atoms with Gasteiger partial charge < -0.3 is 20.3 Å². The van der Waals surface area contributed by atoms with Crippen molar-refractivity contribution in [1.29, 1.82) is 0 Å². The number of carbonyl (C=O) groups is 2. The van der Waals surface area contributed by atoms with Gasteiger partial charge in [0.25, 0.3) is 0 Å². The van der Waals surface area contributed by atoms with Gasteiger partial charge in [0.2, 0.25) is 5.91 Å². The fraction of sp³-hybridized carbons (Fsp3) is 0.902. The van der Waals surface area contributed by atoms with Crippen LogP contribution in [0.15, 0.2) is 24.3 Å². The minimum atomic E-state index is -0.700. The highest BCUT2D eigenvalue weighted by Crippen LogP contribution is 2.18. The number of hydrogen-bond acceptors (Lipinski definition) is 5. The van der Waals surface area contributed by atoms with E-state index in [1.807, 2.05) is 6.08 Å². The van der Waals surface area contributed by atoms with Crippen LogP contribution in [0, 0.1) is 0 Å². The summed E-state index contributed by atoms with van der Waals surface area (Å²) < 4.78 is 5.45. The van der Waals surface area contributed by atoms with Crippen molar-refractivity contribution >= 4 is 11.9 Å². The summed E-state index contributed by atoms with van der Waals surface area (Å²) in [6.45, 7) is 4.91. The molecule has 396 valence electrons. The van der Waals surface area contributed by atoms with Crippen molar-refractivity contribution in [2.45, 2.75) is 341 Å². The van der Waals surface area contributed by atoms with Crippen molar-refractivity contribution in [2.24, 2.45) is 0 Å². The molecule has 6 heteroatoms. The smallest absolute Gasteiger partial charge is 0.305 e. The number of unbranched alkanes of at least 4 members (excludes halogenated alkanes) is 41. The molecule has 0 saturated heterocycles. The number of allylic oxidation sites excluding steroid dienone is 4. The predicted molar refractivity (Wildman–Crippen MR) is 292 cm³/mol. The number of hydrogen-bond donors (Lipinski definition) is 3. The second-order valence-corrected chi connectivity index (χ2v) is 20.7. The van der Waals surface area contributed by atoms with Gasteiger partial charge in [-0.05, 0) is 44.9 Å². The van der Waals surface area contributed by atoms with Crippen molar-refractivity contribution < 1.29 is 24.5 Å². The summed E-state index contributed by atoms with van der Waals surface area (Å²) in [4.78, 5) is 24.5. The molecule has 3 N–H and O–H groups in total. The number of aliphatic hydroxyl groups is 2. The largest absolute Gasteiger partial charge is 0.466 e. The quantitative estimate of drug-likeness (QED) is 0.0321. The first-order valence-corrected chi connectivity index (χ1v) is 30.1. The number of ether oxygens (including phenoxy) is 1. The number of amides is 1. The molecule has 0 rings (SSSR count). The highest BCUT2D eigenvalue weighted by atomic mass is 16.5. The molecule has 0 radical (unpaired) electrons. The van der Waals surface area contributed by atoms with Crippen LogP contribution in [-0.2, 0) is 14.3 Å². The third-order valence-corrected chi connectivity index (χ3v) is 14.0. The molecule has 0 aromatic heterocycles. The fourth-order valence-electron chi connectivity index (χ4n) is 9.40. The molecule has 0 spiro atoms. The van der Waals surface area contributed by atoms with Gasteiger partial charge in [-0.15, -0.1) is 0 Å². The van der Waals surface area contributed by atoms with Crippen LogP contribution in [0.1, 0.15) is 328 Å². The molecule has 0 bridgehead atoms. The molecule has 67 heavy (non-hydrogen) atoms. The van der Waals surface area contributed by atoms with Crippen molar-refractivity contribution in [3.05, 3.63) is 24.3 Å². The van der Waals surface area contributed by atoms with Gasteiger partial charge in [0.05, 0.1) is 25.4 Å². The molecule has 1 amide bonds. The molecule has 2 unspecified atom stereocenters. The van der Waals surface area contributed by atoms with E-state index in [1.165, 1.54) is 238 Å². The Hall–Kier alpha value is -1.66. The molecule has 0 aliphatic heterocycles. The third-order valence-electron chi connectivity index (χ3n) is 14.0. The van der Waals surface area contributed by atoms with Gasteiger partial charge in [-0.1, -0.05) is 295 Å². The second kappa shape index (κ2) is 56.9. The average Bonchev–Trinajstić information content (AvgIpc) is 3.33. The van der Waals surface area contributed by atoms with Crippen molar-refractivity contribution in [1.82, 2.24) is 5.32 Å². The molecule has 0 aliphatic rings. The number of carbonyl (C=O) groups excluding carboxylic acids is 2. The maximum atomic E-state index is 12.5. The van der Waals surface area contributed by atoms with E-state index in [2.05, 4.69) is 37.4 Å². The highest BCUT2D eigenvalue weighted by molar-refractivity contribution is 5.76. The molecule has 0 aromatic carbocycles. The van der Waals surface area contributed by atoms with Crippen molar-refractivity contribution in [3.8, 4) is 0 Å². The standard InChI is InChI=1S/C61H117NO5/c1-3-5-7-9-11-13-15-17-18-19-20-21-22-23-24-25-26-27-28-30-33-37-41-45-49-53-59(64)58(57-63)62-60(65)54-50-46-42-38-34-31-29-32-36-40-44-48-52-56-67-61(66)55-51-47-43-39-35-16-14-12-10-8-6-4-2/h31,34,42,46,58-59,63-64H,3-30,32-33,35-41,43-45,47-57H2,1-2H3,(H,62,65)/b34-31-,46-42-. The van der Waals surface area contributed by atoms with Gasteiger partial charge >= 0.3 is 5.97 Å². The SMILES string of the molecule is CCCCCCCCCCCCCCCCCCCCCCCCCCCC(O)C(CO)NC(=O)CC/C=C\C/C=C\CCCCCCCCOC(=O)CCCCCCCCCCCCCC. The molecule has 6 nitrogen and oxygen atoms in total. The maximum Gasteiger partial charge on any atom is 0.305 e. The van der Waals surface area contributed by atoms with Gasteiger partial charge in [-0.3, -0.25) is 9.59 Å². The van der Waals surface area contributed by atoms with Crippen LogP contribution >= 0.6 is 0 Å². The van der Waals surface area contributed by atoms with E-state index >= 15 is 0 Å². The molecule has 0 aromatic rings. The van der Waals surface area contributed by atoms with Gasteiger partial charge in [0.1, 0.15) is 0 Å². The van der Waals surface area contributed by atoms with Gasteiger partial charge in [0, 0.05) is 12.8 Å². The monoisotopic (exact) mass is 944 g/mol. The third kappa shape index (κ3) is 53.5. The van der Waals surface area contributed by atoms with Crippen LogP contribution in [0.4, 0.5) is 0 Å². The number of nitrogens with one attached hydrogen (secondary N) is 1. The Morgan fingerprint density at radius 1 is 0.418 bits per heavy atom. The van der Waals surface area contributed by atoms with E-state index in [-0.39, 0.29) is 18.5 Å². The number of esters is 1. The lowest BCUT2D eigenvalue weighted by molar-refractivity contribution is -0.143. The Kier molecular flexibility index (Phi) is 55.5. The lowest BCUT2D eigenvalue weighted by atomic mass is 10.0. The zero-order chi connectivity index (χ0) is 48.6. The Balaban J connectivity index is 3.52. The lowest BCUT2D eigenvalue weighted by Crippen LogP contribution is -2.45. The summed E-state index contributed by atoms with van der Waals surface area (Å²) in [5.41, 5.74) is 0. The Morgan fingerprint density at radius 2 is 0.761 bits per heavy atom. The molecule has 2 atom stereocenters. The van der Waals surface area contributed by atoms with E-state index in [1.54, 1.807) is 0 Å². The topological polar surface area (TPSA) is 95.9 Å². The fourth-order valence-corrected chi connectivity index (χ4v) is 9.40. The lowest BCUT2D eigenvalue weighted by Gasteiger charge is -2.22. The summed E-state index contributed by atoms with van der Waals surface area (Å²) >= 11 is 0. The first-order valence-electron chi connectivity index (χ1n) is 30.1. The number of rotatable bonds is 56. The van der Waals surface area contributed by atoms with E-state index in [4.69, 9.17) is 4.74 Å². The van der Waals surface area contributed by atoms with Crippen LogP contribution in [-0.4, -0.2) is 47.4 Å². The van der Waals surface area contributed by atoms with E-state index < -0.39 is 12.1 Å². The Labute approximate surface area is 418 Å². The molecule has 0 heterocycles. The zero-order valence-electron chi connectivity index (χ0n) is 45.1.